The van der Waals surface area contributed by atoms with Crippen LogP contribution >= 0.6 is 0 Å². The zero-order valence-corrected chi connectivity index (χ0v) is 33.7. The van der Waals surface area contributed by atoms with Crippen LogP contribution < -0.4 is 20.9 Å². The summed E-state index contributed by atoms with van der Waals surface area (Å²) in [4.78, 5) is 38.7. The highest BCUT2D eigenvalue weighted by Gasteiger charge is 2.42. The maximum atomic E-state index is 13.0. The fraction of sp³-hybridized carbons (Fsp3) is 0.571. The Morgan fingerprint density at radius 1 is 0.724 bits per heavy atom. The Bertz CT molecular complexity index is 1660. The number of aromatic nitrogens is 2. The van der Waals surface area contributed by atoms with E-state index in [1.165, 1.54) is 0 Å². The summed E-state index contributed by atoms with van der Waals surface area (Å²) in [6.45, 7) is 10.2. The topological polar surface area (TPSA) is 189 Å². The Morgan fingerprint density at radius 2 is 1.26 bits per heavy atom. The van der Waals surface area contributed by atoms with Gasteiger partial charge < -0.3 is 59.1 Å². The smallest absolute Gasteiger partial charge is 0.289 e. The first kappa shape index (κ1) is 45.0. The number of ether oxygens (including phenoxy) is 7. The van der Waals surface area contributed by atoms with Crippen LogP contribution in [0.25, 0.3) is 11.1 Å². The average Bonchev–Trinajstić information content (AvgIpc) is 4.10. The van der Waals surface area contributed by atoms with Crippen molar-refractivity contribution in [1.29, 1.82) is 0 Å². The summed E-state index contributed by atoms with van der Waals surface area (Å²) >= 11 is 0. The highest BCUT2D eigenvalue weighted by molar-refractivity contribution is 5.98. The maximum Gasteiger partial charge on any atom is 0.289 e. The summed E-state index contributed by atoms with van der Waals surface area (Å²) in [5.41, 5.74) is 10.7. The van der Waals surface area contributed by atoms with Gasteiger partial charge in [-0.25, -0.2) is 9.97 Å². The van der Waals surface area contributed by atoms with Crippen molar-refractivity contribution in [2.75, 3.05) is 122 Å². The normalized spacial score (nSPS) is 15.1. The zero-order chi connectivity index (χ0) is 40.8. The van der Waals surface area contributed by atoms with E-state index in [0.717, 1.165) is 46.5 Å². The number of amides is 2. The first-order valence-corrected chi connectivity index (χ1v) is 20.2. The summed E-state index contributed by atoms with van der Waals surface area (Å²) in [7, 11) is 0. The number of hydrogen-bond acceptors (Lipinski definition) is 14. The molecule has 0 spiro atoms. The molecule has 16 nitrogen and oxygen atoms in total. The van der Waals surface area contributed by atoms with Crippen LogP contribution in [0.4, 0.5) is 11.4 Å². The number of anilines is 2. The fourth-order valence-corrected chi connectivity index (χ4v) is 6.62. The van der Waals surface area contributed by atoms with Crippen LogP contribution in [-0.2, 0) is 51.1 Å². The van der Waals surface area contributed by atoms with Crippen LogP contribution in [0.1, 0.15) is 41.5 Å². The Labute approximate surface area is 341 Å². The van der Waals surface area contributed by atoms with Crippen molar-refractivity contribution in [1.82, 2.24) is 15.3 Å². The minimum atomic E-state index is -0.395. The van der Waals surface area contributed by atoms with E-state index in [9.17, 15) is 14.7 Å². The van der Waals surface area contributed by atoms with Gasteiger partial charge in [-0.05, 0) is 47.6 Å². The molecule has 318 valence electrons. The number of nitrogens with two attached hydrogens (primary N) is 1. The monoisotopic (exact) mass is 808 g/mol. The summed E-state index contributed by atoms with van der Waals surface area (Å²) in [6.07, 6.45) is 5.50. The lowest BCUT2D eigenvalue weighted by atomic mass is 9.98. The maximum absolute atomic E-state index is 13.0. The highest BCUT2D eigenvalue weighted by atomic mass is 16.6. The molecular weight excluding hydrogens is 748 g/mol. The van der Waals surface area contributed by atoms with Crippen LogP contribution in [0.2, 0.25) is 0 Å². The largest absolute Gasteiger partial charge is 0.392 e. The first-order chi connectivity index (χ1) is 28.5. The van der Waals surface area contributed by atoms with Gasteiger partial charge in [-0.1, -0.05) is 30.3 Å². The number of rotatable bonds is 29. The third kappa shape index (κ3) is 14.6. The number of nitrogens with one attached hydrogen (secondary N) is 1. The molecule has 0 bridgehead atoms. The van der Waals surface area contributed by atoms with Crippen LogP contribution in [0, 0.1) is 5.92 Å². The highest BCUT2D eigenvalue weighted by Crippen LogP contribution is 2.45. The Hall–Kier alpha value is -4.10. The number of nitrogens with zero attached hydrogens (tertiary/aromatic N) is 4. The third-order valence-corrected chi connectivity index (χ3v) is 9.68. The van der Waals surface area contributed by atoms with E-state index in [2.05, 4.69) is 26.3 Å². The first-order valence-electron chi connectivity index (χ1n) is 20.2. The molecule has 1 aliphatic heterocycles. The molecule has 16 heteroatoms. The van der Waals surface area contributed by atoms with Crippen molar-refractivity contribution < 1.29 is 47.9 Å². The summed E-state index contributed by atoms with van der Waals surface area (Å²) in [5, 5.41) is 12.8. The molecule has 0 unspecified atom stereocenters. The average molecular weight is 809 g/mol. The molecule has 1 atom stereocenters. The number of benzene rings is 2. The Balaban J connectivity index is 0.951. The van der Waals surface area contributed by atoms with Gasteiger partial charge in [-0.2, -0.15) is 0 Å². The lowest BCUT2D eigenvalue weighted by molar-refractivity contribution is -0.117. The summed E-state index contributed by atoms with van der Waals surface area (Å²) in [5.74, 6) is 0.162. The molecule has 0 radical (unpaired) electrons. The van der Waals surface area contributed by atoms with Gasteiger partial charge in [-0.15, -0.1) is 0 Å². The van der Waals surface area contributed by atoms with E-state index < -0.39 is 5.91 Å². The third-order valence-electron chi connectivity index (χ3n) is 9.68. The number of carbonyl (C=O) groups is 2. The van der Waals surface area contributed by atoms with Crippen molar-refractivity contribution in [3.05, 3.63) is 71.8 Å². The minimum Gasteiger partial charge on any atom is -0.392 e. The fourth-order valence-electron chi connectivity index (χ4n) is 6.62. The van der Waals surface area contributed by atoms with Gasteiger partial charge in [0.25, 0.3) is 5.91 Å². The van der Waals surface area contributed by atoms with E-state index in [1.54, 1.807) is 19.3 Å². The molecular formula is C42H60N6O10. The number of fused-ring (bicyclic) bond motifs is 1. The molecule has 2 aliphatic rings. The molecule has 2 heterocycles. The zero-order valence-electron chi connectivity index (χ0n) is 33.7. The molecule has 0 saturated heterocycles. The van der Waals surface area contributed by atoms with Gasteiger partial charge in [0.1, 0.15) is 0 Å². The number of aliphatic hydroxyl groups excluding tert-OH is 1. The van der Waals surface area contributed by atoms with Crippen molar-refractivity contribution in [3.63, 3.8) is 0 Å². The lowest BCUT2D eigenvalue weighted by Gasteiger charge is -2.44. The van der Waals surface area contributed by atoms with Crippen LogP contribution in [0.15, 0.2) is 54.9 Å². The van der Waals surface area contributed by atoms with E-state index >= 15 is 0 Å². The van der Waals surface area contributed by atoms with E-state index in [4.69, 9.17) is 38.9 Å². The van der Waals surface area contributed by atoms with Gasteiger partial charge >= 0.3 is 0 Å². The van der Waals surface area contributed by atoms with Crippen molar-refractivity contribution in [3.8, 4) is 11.1 Å². The van der Waals surface area contributed by atoms with Crippen LogP contribution in [0.5, 0.6) is 0 Å². The molecule has 2 aromatic carbocycles. The SMILES string of the molecule is CC(=O)N1c2ccc(-c3cnc(C(=O)NCCOCCOCCOCCOCCOCCOCCOCCN)nc3)cc2N(Cc2ccccc2CO)C[C@@H]1C1CC1. The molecule has 1 aliphatic carbocycles. The van der Waals surface area contributed by atoms with Gasteiger partial charge in [-0.3, -0.25) is 9.59 Å². The molecule has 4 N–H and O–H groups in total. The van der Waals surface area contributed by atoms with E-state index in [1.807, 2.05) is 41.3 Å². The quantitative estimate of drug-likeness (QED) is 0.0869. The minimum absolute atomic E-state index is 0.0248. The molecule has 1 fully saturated rings. The predicted octanol–water partition coefficient (Wildman–Crippen LogP) is 2.59. The van der Waals surface area contributed by atoms with Crippen molar-refractivity contribution in [2.24, 2.45) is 11.7 Å². The van der Waals surface area contributed by atoms with Gasteiger partial charge in [0.15, 0.2) is 0 Å². The summed E-state index contributed by atoms with van der Waals surface area (Å²) < 4.78 is 38.1. The number of carbonyl (C=O) groups excluding carboxylic acids is 2. The predicted molar refractivity (Wildman–Crippen MR) is 218 cm³/mol. The van der Waals surface area contributed by atoms with Gasteiger partial charge in [0.05, 0.1) is 117 Å². The molecule has 58 heavy (non-hydrogen) atoms. The Morgan fingerprint density at radius 3 is 1.78 bits per heavy atom. The summed E-state index contributed by atoms with van der Waals surface area (Å²) in [6, 6.07) is 14.0. The van der Waals surface area contributed by atoms with E-state index in [0.29, 0.717) is 125 Å². The number of hydrogen-bond donors (Lipinski definition) is 3. The lowest BCUT2D eigenvalue weighted by Crippen LogP contribution is -2.52. The molecule has 1 saturated carbocycles. The number of aliphatic hydroxyl groups is 1. The standard InChI is InChI=1S/C42H60N6O10/c1-32(50)48-38-9-8-34(26-39(38)47(30-40(48)33-6-7-33)29-35-4-2-3-5-36(35)31-49)37-27-45-41(46-28-37)42(51)44-11-13-53-15-17-55-19-21-57-23-25-58-24-22-56-20-18-54-16-14-52-12-10-43/h2-5,8-9,26-28,33,40,49H,6-7,10-25,29-31,43H2,1H3,(H,44,51)/t40-/m1/s1. The van der Waals surface area contributed by atoms with Crippen LogP contribution in [-0.4, -0.2) is 145 Å². The second-order valence-corrected chi connectivity index (χ2v) is 13.9. The van der Waals surface area contributed by atoms with E-state index in [-0.39, 0.29) is 24.4 Å². The van der Waals surface area contributed by atoms with Gasteiger partial charge in [0.2, 0.25) is 11.7 Å². The molecule has 2 amide bonds. The van der Waals surface area contributed by atoms with Gasteiger partial charge in [0, 0.05) is 51.1 Å². The van der Waals surface area contributed by atoms with Crippen LogP contribution in [0.3, 0.4) is 0 Å². The second-order valence-electron chi connectivity index (χ2n) is 13.9. The molecule has 1 aromatic heterocycles. The van der Waals surface area contributed by atoms with Crippen molar-refractivity contribution in [2.45, 2.75) is 39.0 Å². The Kier molecular flexibility index (Phi) is 19.7. The second kappa shape index (κ2) is 25.4. The van der Waals surface area contributed by atoms with Crippen molar-refractivity contribution >= 4 is 23.2 Å². The molecule has 3 aromatic rings. The molecule has 5 rings (SSSR count).